The van der Waals surface area contributed by atoms with Gasteiger partial charge in [-0.3, -0.25) is 0 Å². The minimum atomic E-state index is 0.395. The van der Waals surface area contributed by atoms with Crippen molar-refractivity contribution in [3.8, 4) is 6.07 Å². The van der Waals surface area contributed by atoms with Gasteiger partial charge in [0.1, 0.15) is 5.76 Å². The van der Waals surface area contributed by atoms with Crippen LogP contribution in [0.25, 0.3) is 0 Å². The second-order valence-electron chi connectivity index (χ2n) is 2.29. The van der Waals surface area contributed by atoms with Gasteiger partial charge in [-0.2, -0.15) is 5.26 Å². The van der Waals surface area contributed by atoms with E-state index >= 15 is 0 Å². The molecule has 1 aromatic rings. The van der Waals surface area contributed by atoms with Crippen LogP contribution < -0.4 is 5.32 Å². The highest BCUT2D eigenvalue weighted by molar-refractivity contribution is 6.28. The van der Waals surface area contributed by atoms with Gasteiger partial charge in [0.25, 0.3) is 0 Å². The molecule has 1 N–H and O–H groups in total. The van der Waals surface area contributed by atoms with E-state index in [1.807, 2.05) is 12.1 Å². The van der Waals surface area contributed by atoms with Gasteiger partial charge in [0, 0.05) is 13.0 Å². The fraction of sp³-hybridized carbons (Fsp3) is 0.375. The number of rotatable bonds is 4. The van der Waals surface area contributed by atoms with Crippen molar-refractivity contribution in [3.63, 3.8) is 0 Å². The highest BCUT2D eigenvalue weighted by Crippen LogP contribution is 2.12. The second-order valence-corrected chi connectivity index (χ2v) is 2.66. The third-order valence-electron chi connectivity index (χ3n) is 1.34. The summed E-state index contributed by atoms with van der Waals surface area (Å²) in [5.41, 5.74) is 0. The molecular formula is C8H9ClN2O. The molecule has 0 unspecified atom stereocenters. The molecule has 64 valence electrons. The van der Waals surface area contributed by atoms with E-state index in [0.29, 0.717) is 24.7 Å². The van der Waals surface area contributed by atoms with Crippen LogP contribution in [0.5, 0.6) is 0 Å². The Morgan fingerprint density at radius 3 is 3.00 bits per heavy atom. The number of halogens is 1. The summed E-state index contributed by atoms with van der Waals surface area (Å²) in [5, 5.41) is 11.7. The van der Waals surface area contributed by atoms with Crippen molar-refractivity contribution in [2.45, 2.75) is 13.0 Å². The number of hydrogen-bond donors (Lipinski definition) is 1. The molecule has 0 atom stereocenters. The lowest BCUT2D eigenvalue weighted by molar-refractivity contribution is 0.487. The molecule has 0 aliphatic carbocycles. The minimum absolute atomic E-state index is 0.395. The van der Waals surface area contributed by atoms with Crippen molar-refractivity contribution in [2.24, 2.45) is 0 Å². The molecule has 0 fully saturated rings. The van der Waals surface area contributed by atoms with Gasteiger partial charge in [-0.15, -0.1) is 0 Å². The Kier molecular flexibility index (Phi) is 3.65. The molecule has 0 spiro atoms. The molecule has 0 bridgehead atoms. The van der Waals surface area contributed by atoms with Gasteiger partial charge in [0.15, 0.2) is 5.22 Å². The van der Waals surface area contributed by atoms with E-state index in [0.717, 1.165) is 5.76 Å². The van der Waals surface area contributed by atoms with Crippen LogP contribution in [0, 0.1) is 11.3 Å². The summed E-state index contributed by atoms with van der Waals surface area (Å²) in [4.78, 5) is 0. The van der Waals surface area contributed by atoms with Gasteiger partial charge in [0.2, 0.25) is 0 Å². The summed E-state index contributed by atoms with van der Waals surface area (Å²) in [7, 11) is 0. The molecule has 0 aromatic carbocycles. The zero-order valence-electron chi connectivity index (χ0n) is 6.51. The van der Waals surface area contributed by atoms with E-state index in [-0.39, 0.29) is 0 Å². The third kappa shape index (κ3) is 2.95. The Morgan fingerprint density at radius 1 is 1.58 bits per heavy atom. The molecule has 0 amide bonds. The Bertz CT molecular complexity index is 277. The lowest BCUT2D eigenvalue weighted by Gasteiger charge is -1.96. The summed E-state index contributed by atoms with van der Waals surface area (Å²) in [6.07, 6.45) is 0.508. The van der Waals surface area contributed by atoms with E-state index in [1.54, 1.807) is 6.07 Å². The van der Waals surface area contributed by atoms with E-state index in [2.05, 4.69) is 5.32 Å². The summed E-state index contributed by atoms with van der Waals surface area (Å²) < 4.78 is 5.08. The van der Waals surface area contributed by atoms with Crippen LogP contribution in [0.4, 0.5) is 0 Å². The molecule has 0 saturated carbocycles. The molecule has 0 aliphatic heterocycles. The lowest BCUT2D eigenvalue weighted by Crippen LogP contribution is -2.13. The zero-order valence-corrected chi connectivity index (χ0v) is 7.27. The van der Waals surface area contributed by atoms with Crippen molar-refractivity contribution < 1.29 is 4.42 Å². The second kappa shape index (κ2) is 4.81. The van der Waals surface area contributed by atoms with Crippen LogP contribution in [-0.2, 0) is 6.54 Å². The molecule has 0 radical (unpaired) electrons. The van der Waals surface area contributed by atoms with Gasteiger partial charge < -0.3 is 9.73 Å². The maximum Gasteiger partial charge on any atom is 0.193 e. The highest BCUT2D eigenvalue weighted by atomic mass is 35.5. The Morgan fingerprint density at radius 2 is 2.42 bits per heavy atom. The summed E-state index contributed by atoms with van der Waals surface area (Å²) in [6.45, 7) is 1.29. The number of nitrogens with one attached hydrogen (secondary N) is 1. The van der Waals surface area contributed by atoms with Crippen LogP contribution >= 0.6 is 11.6 Å². The summed E-state index contributed by atoms with van der Waals surface area (Å²) in [6, 6.07) is 5.54. The Balaban J connectivity index is 2.21. The predicted molar refractivity (Wildman–Crippen MR) is 45.7 cm³/mol. The standard InChI is InChI=1S/C8H9ClN2O/c9-8-3-2-7(12-8)6-11-5-1-4-10/h2-3,11H,1,5-6H2. The van der Waals surface area contributed by atoms with E-state index in [9.17, 15) is 0 Å². The molecule has 0 aliphatic rings. The average Bonchev–Trinajstić information content (AvgIpc) is 2.45. The molecule has 0 saturated heterocycles. The van der Waals surface area contributed by atoms with Crippen molar-refractivity contribution in [2.75, 3.05) is 6.54 Å². The number of furan rings is 1. The smallest absolute Gasteiger partial charge is 0.193 e. The molecule has 1 aromatic heterocycles. The van der Waals surface area contributed by atoms with Gasteiger partial charge in [-0.05, 0) is 23.7 Å². The Labute approximate surface area is 75.9 Å². The molecule has 3 nitrogen and oxygen atoms in total. The van der Waals surface area contributed by atoms with Gasteiger partial charge >= 0.3 is 0 Å². The van der Waals surface area contributed by atoms with Crippen molar-refractivity contribution in [1.82, 2.24) is 5.32 Å². The number of nitriles is 1. The van der Waals surface area contributed by atoms with Crippen molar-refractivity contribution in [1.29, 1.82) is 5.26 Å². The molecule has 12 heavy (non-hydrogen) atoms. The van der Waals surface area contributed by atoms with E-state index < -0.39 is 0 Å². The van der Waals surface area contributed by atoms with Gasteiger partial charge in [0.05, 0.1) is 12.6 Å². The molecule has 4 heteroatoms. The zero-order chi connectivity index (χ0) is 8.81. The highest BCUT2D eigenvalue weighted by Gasteiger charge is 1.97. The first-order chi connectivity index (χ1) is 5.83. The first kappa shape index (κ1) is 9.11. The Hall–Kier alpha value is -0.980. The third-order valence-corrected chi connectivity index (χ3v) is 1.54. The topological polar surface area (TPSA) is 49.0 Å². The lowest BCUT2D eigenvalue weighted by atomic mass is 10.4. The number of hydrogen-bond acceptors (Lipinski definition) is 3. The van der Waals surface area contributed by atoms with Gasteiger partial charge in [-0.25, -0.2) is 0 Å². The van der Waals surface area contributed by atoms with Crippen LogP contribution in [-0.4, -0.2) is 6.54 Å². The normalized spacial score (nSPS) is 9.67. The molecular weight excluding hydrogens is 176 g/mol. The molecule has 1 heterocycles. The average molecular weight is 185 g/mol. The minimum Gasteiger partial charge on any atom is -0.448 e. The predicted octanol–water partition coefficient (Wildman–Crippen LogP) is 1.94. The first-order valence-corrected chi connectivity index (χ1v) is 4.02. The van der Waals surface area contributed by atoms with Crippen LogP contribution in [0.15, 0.2) is 16.5 Å². The fourth-order valence-electron chi connectivity index (χ4n) is 0.803. The van der Waals surface area contributed by atoms with Crippen LogP contribution in [0.1, 0.15) is 12.2 Å². The summed E-state index contributed by atoms with van der Waals surface area (Å²) >= 11 is 5.55. The van der Waals surface area contributed by atoms with Gasteiger partial charge in [-0.1, -0.05) is 0 Å². The first-order valence-electron chi connectivity index (χ1n) is 3.65. The summed E-state index contributed by atoms with van der Waals surface area (Å²) in [5.74, 6) is 0.790. The van der Waals surface area contributed by atoms with Crippen LogP contribution in [0.2, 0.25) is 5.22 Å². The van der Waals surface area contributed by atoms with E-state index in [1.165, 1.54) is 0 Å². The maximum atomic E-state index is 8.23. The maximum absolute atomic E-state index is 8.23. The van der Waals surface area contributed by atoms with Crippen molar-refractivity contribution in [3.05, 3.63) is 23.1 Å². The quantitative estimate of drug-likeness (QED) is 0.728. The fourth-order valence-corrected chi connectivity index (χ4v) is 0.965. The largest absolute Gasteiger partial charge is 0.448 e. The molecule has 1 rings (SSSR count). The monoisotopic (exact) mass is 184 g/mol. The van der Waals surface area contributed by atoms with Crippen LogP contribution in [0.3, 0.4) is 0 Å². The van der Waals surface area contributed by atoms with E-state index in [4.69, 9.17) is 21.3 Å². The van der Waals surface area contributed by atoms with Crippen molar-refractivity contribution >= 4 is 11.6 Å². The number of nitrogens with zero attached hydrogens (tertiary/aromatic N) is 1. The SMILES string of the molecule is N#CCCNCc1ccc(Cl)o1.